The zero-order valence-electron chi connectivity index (χ0n) is 12.2. The molecule has 1 saturated carbocycles. The molecule has 20 heavy (non-hydrogen) atoms. The molecule has 0 spiro atoms. The molecule has 2 aliphatic rings. The fourth-order valence-electron chi connectivity index (χ4n) is 2.97. The third-order valence-corrected chi connectivity index (χ3v) is 4.26. The first-order valence-electron chi connectivity index (χ1n) is 7.75. The van der Waals surface area contributed by atoms with Gasteiger partial charge in [-0.25, -0.2) is 4.39 Å². The Kier molecular flexibility index (Phi) is 4.22. The number of piperazine rings is 1. The number of benzene rings is 1. The van der Waals surface area contributed by atoms with Crippen LogP contribution in [0.2, 0.25) is 0 Å². The van der Waals surface area contributed by atoms with Crippen LogP contribution in [-0.2, 0) is 6.54 Å². The lowest BCUT2D eigenvalue weighted by Gasteiger charge is -2.36. The first-order valence-corrected chi connectivity index (χ1v) is 7.75. The van der Waals surface area contributed by atoms with E-state index in [1.165, 1.54) is 12.8 Å². The third kappa shape index (κ3) is 3.30. The molecule has 1 aromatic carbocycles. The lowest BCUT2D eigenvalue weighted by molar-refractivity contribution is 0.248. The summed E-state index contributed by atoms with van der Waals surface area (Å²) in [6, 6.07) is 6.27. The average Bonchev–Trinajstić information content (AvgIpc) is 3.29. The molecule has 0 amide bonds. The van der Waals surface area contributed by atoms with Gasteiger partial charge in [-0.2, -0.15) is 0 Å². The van der Waals surface area contributed by atoms with E-state index in [-0.39, 0.29) is 5.82 Å². The molecule has 0 bridgehead atoms. The number of hydrogen-bond donors (Lipinski definition) is 1. The summed E-state index contributed by atoms with van der Waals surface area (Å²) < 4.78 is 13.8. The van der Waals surface area contributed by atoms with Crippen LogP contribution in [0.5, 0.6) is 0 Å². The highest BCUT2D eigenvalue weighted by atomic mass is 19.1. The van der Waals surface area contributed by atoms with E-state index in [0.717, 1.165) is 56.6 Å². The predicted molar refractivity (Wildman–Crippen MR) is 80.6 cm³/mol. The number of rotatable bonds is 5. The largest absolute Gasteiger partial charge is 0.369 e. The van der Waals surface area contributed by atoms with Crippen molar-refractivity contribution in [1.29, 1.82) is 0 Å². The Bertz CT molecular complexity index is 451. The van der Waals surface area contributed by atoms with Crippen LogP contribution in [0.4, 0.5) is 10.1 Å². The second-order valence-electron chi connectivity index (χ2n) is 5.85. The van der Waals surface area contributed by atoms with Gasteiger partial charge < -0.3 is 10.2 Å². The van der Waals surface area contributed by atoms with Crippen molar-refractivity contribution in [3.63, 3.8) is 0 Å². The van der Waals surface area contributed by atoms with Gasteiger partial charge in [-0.3, -0.25) is 4.90 Å². The van der Waals surface area contributed by atoms with Gasteiger partial charge in [0.25, 0.3) is 0 Å². The molecule has 1 aliphatic heterocycles. The molecule has 1 N–H and O–H groups in total. The van der Waals surface area contributed by atoms with E-state index in [4.69, 9.17) is 0 Å². The monoisotopic (exact) mass is 277 g/mol. The first-order chi connectivity index (χ1) is 9.76. The van der Waals surface area contributed by atoms with E-state index >= 15 is 0 Å². The molecule has 4 heteroatoms. The molecular formula is C16H24FN3. The number of nitrogens with one attached hydrogen (secondary N) is 1. The lowest BCUT2D eigenvalue weighted by Crippen LogP contribution is -2.47. The minimum absolute atomic E-state index is 0.125. The molecule has 3 nitrogen and oxygen atoms in total. The Morgan fingerprint density at radius 2 is 1.90 bits per heavy atom. The predicted octanol–water partition coefficient (Wildman–Crippen LogP) is 2.22. The van der Waals surface area contributed by atoms with Gasteiger partial charge in [-0.1, -0.05) is 6.92 Å². The van der Waals surface area contributed by atoms with Crippen LogP contribution >= 0.6 is 0 Å². The van der Waals surface area contributed by atoms with Gasteiger partial charge in [-0.05, 0) is 43.1 Å². The summed E-state index contributed by atoms with van der Waals surface area (Å²) >= 11 is 0. The van der Waals surface area contributed by atoms with Crippen molar-refractivity contribution in [2.75, 3.05) is 37.6 Å². The van der Waals surface area contributed by atoms with Crippen molar-refractivity contribution in [2.24, 2.45) is 0 Å². The fraction of sp³-hybridized carbons (Fsp3) is 0.625. The van der Waals surface area contributed by atoms with Crippen molar-refractivity contribution < 1.29 is 4.39 Å². The molecule has 1 saturated heterocycles. The number of anilines is 1. The molecule has 110 valence electrons. The van der Waals surface area contributed by atoms with Crippen molar-refractivity contribution in [2.45, 2.75) is 32.4 Å². The summed E-state index contributed by atoms with van der Waals surface area (Å²) in [7, 11) is 0. The summed E-state index contributed by atoms with van der Waals surface area (Å²) in [5, 5.41) is 3.26. The summed E-state index contributed by atoms with van der Waals surface area (Å²) in [6.07, 6.45) is 2.74. The standard InChI is InChI=1S/C16H24FN3/c1-2-18-12-13-9-14(17)11-16(10-13)20-7-5-19(6-8-20)15-3-4-15/h9-11,15,18H,2-8,12H2,1H3. The number of halogens is 1. The van der Waals surface area contributed by atoms with E-state index in [2.05, 4.69) is 28.1 Å². The minimum Gasteiger partial charge on any atom is -0.369 e. The maximum absolute atomic E-state index is 13.8. The topological polar surface area (TPSA) is 18.5 Å². The highest BCUT2D eigenvalue weighted by Crippen LogP contribution is 2.28. The van der Waals surface area contributed by atoms with Gasteiger partial charge in [-0.15, -0.1) is 0 Å². The zero-order chi connectivity index (χ0) is 13.9. The smallest absolute Gasteiger partial charge is 0.125 e. The SMILES string of the molecule is CCNCc1cc(F)cc(N2CCN(C3CC3)CC2)c1. The van der Waals surface area contributed by atoms with Gasteiger partial charge in [0, 0.05) is 44.5 Å². The second-order valence-corrected chi connectivity index (χ2v) is 5.85. The molecule has 0 atom stereocenters. The van der Waals surface area contributed by atoms with Gasteiger partial charge in [0.05, 0.1) is 0 Å². The Hall–Kier alpha value is -1.13. The molecule has 0 unspecified atom stereocenters. The molecule has 0 aromatic heterocycles. The zero-order valence-corrected chi connectivity index (χ0v) is 12.2. The van der Waals surface area contributed by atoms with Gasteiger partial charge >= 0.3 is 0 Å². The van der Waals surface area contributed by atoms with Gasteiger partial charge in [0.1, 0.15) is 5.82 Å². The van der Waals surface area contributed by atoms with Crippen molar-refractivity contribution in [1.82, 2.24) is 10.2 Å². The van der Waals surface area contributed by atoms with Crippen molar-refractivity contribution in [3.05, 3.63) is 29.6 Å². The Labute approximate surface area is 120 Å². The summed E-state index contributed by atoms with van der Waals surface area (Å²) in [5.74, 6) is -0.125. The molecule has 0 radical (unpaired) electrons. The van der Waals surface area contributed by atoms with E-state index in [1.807, 2.05) is 0 Å². The van der Waals surface area contributed by atoms with Crippen molar-refractivity contribution >= 4 is 5.69 Å². The van der Waals surface area contributed by atoms with E-state index in [9.17, 15) is 4.39 Å². The number of hydrogen-bond acceptors (Lipinski definition) is 3. The molecular weight excluding hydrogens is 253 g/mol. The maximum atomic E-state index is 13.8. The molecule has 2 fully saturated rings. The molecule has 1 aromatic rings. The van der Waals surface area contributed by atoms with Gasteiger partial charge in [0.15, 0.2) is 0 Å². The summed E-state index contributed by atoms with van der Waals surface area (Å²) in [6.45, 7) is 7.97. The van der Waals surface area contributed by atoms with Crippen LogP contribution in [0.3, 0.4) is 0 Å². The lowest BCUT2D eigenvalue weighted by atomic mass is 10.1. The van der Waals surface area contributed by atoms with Crippen molar-refractivity contribution in [3.8, 4) is 0 Å². The van der Waals surface area contributed by atoms with E-state index in [1.54, 1.807) is 12.1 Å². The van der Waals surface area contributed by atoms with E-state index < -0.39 is 0 Å². The molecule has 1 heterocycles. The quantitative estimate of drug-likeness (QED) is 0.890. The highest BCUT2D eigenvalue weighted by Gasteiger charge is 2.31. The Morgan fingerprint density at radius 1 is 1.15 bits per heavy atom. The van der Waals surface area contributed by atoms with Crippen LogP contribution < -0.4 is 10.2 Å². The van der Waals surface area contributed by atoms with Crippen LogP contribution in [0.25, 0.3) is 0 Å². The molecule has 1 aliphatic carbocycles. The van der Waals surface area contributed by atoms with Crippen LogP contribution in [0, 0.1) is 5.82 Å². The summed E-state index contributed by atoms with van der Waals surface area (Å²) in [5.41, 5.74) is 2.07. The fourth-order valence-corrected chi connectivity index (χ4v) is 2.97. The van der Waals surface area contributed by atoms with Crippen LogP contribution in [-0.4, -0.2) is 43.7 Å². The van der Waals surface area contributed by atoms with Gasteiger partial charge in [0.2, 0.25) is 0 Å². The average molecular weight is 277 g/mol. The third-order valence-electron chi connectivity index (χ3n) is 4.26. The van der Waals surface area contributed by atoms with Crippen LogP contribution in [0.15, 0.2) is 18.2 Å². The number of nitrogens with zero attached hydrogens (tertiary/aromatic N) is 2. The van der Waals surface area contributed by atoms with Crippen LogP contribution in [0.1, 0.15) is 25.3 Å². The normalized spacial score (nSPS) is 20.4. The summed E-state index contributed by atoms with van der Waals surface area (Å²) in [4.78, 5) is 4.90. The Morgan fingerprint density at radius 3 is 2.55 bits per heavy atom. The maximum Gasteiger partial charge on any atom is 0.125 e. The van der Waals surface area contributed by atoms with E-state index in [0.29, 0.717) is 0 Å². The minimum atomic E-state index is -0.125. The Balaban J connectivity index is 1.65. The second kappa shape index (κ2) is 6.10. The first kappa shape index (κ1) is 13.8. The molecule has 3 rings (SSSR count). The highest BCUT2D eigenvalue weighted by molar-refractivity contribution is 5.49.